The summed E-state index contributed by atoms with van der Waals surface area (Å²) in [5.74, 6) is 1.66. The molecule has 0 radical (unpaired) electrons. The second-order valence-corrected chi connectivity index (χ2v) is 4.97. The summed E-state index contributed by atoms with van der Waals surface area (Å²) < 4.78 is 5.21. The van der Waals surface area contributed by atoms with Gasteiger partial charge in [0, 0.05) is 18.8 Å². The summed E-state index contributed by atoms with van der Waals surface area (Å²) in [5, 5.41) is 0. The van der Waals surface area contributed by atoms with Crippen LogP contribution < -0.4 is 15.4 Å². The highest BCUT2D eigenvalue weighted by molar-refractivity contribution is 5.49. The Labute approximate surface area is 117 Å². The smallest absolute Gasteiger partial charge is 0.119 e. The minimum absolute atomic E-state index is 0.746. The summed E-state index contributed by atoms with van der Waals surface area (Å²) in [4.78, 5) is 2.45. The van der Waals surface area contributed by atoms with E-state index in [0.717, 1.165) is 37.7 Å². The summed E-state index contributed by atoms with van der Waals surface area (Å²) in [6, 6.07) is 8.32. The van der Waals surface area contributed by atoms with Crippen molar-refractivity contribution in [2.75, 3.05) is 31.6 Å². The first-order chi connectivity index (χ1) is 9.24. The normalized spacial score (nSPS) is 10.8. The van der Waals surface area contributed by atoms with Gasteiger partial charge in [-0.3, -0.25) is 0 Å². The second-order valence-electron chi connectivity index (χ2n) is 4.97. The Kier molecular flexibility index (Phi) is 7.34. The SMILES string of the molecule is CCC(CC)CN(CCCN)c1ccc(OC)cc1. The molecule has 19 heavy (non-hydrogen) atoms. The number of nitrogens with zero attached hydrogens (tertiary/aromatic N) is 1. The largest absolute Gasteiger partial charge is 0.497 e. The molecular weight excluding hydrogens is 236 g/mol. The highest BCUT2D eigenvalue weighted by atomic mass is 16.5. The van der Waals surface area contributed by atoms with Crippen molar-refractivity contribution in [2.24, 2.45) is 11.7 Å². The number of ether oxygens (including phenoxy) is 1. The van der Waals surface area contributed by atoms with Gasteiger partial charge in [-0.1, -0.05) is 26.7 Å². The Morgan fingerprint density at radius 3 is 2.26 bits per heavy atom. The van der Waals surface area contributed by atoms with E-state index < -0.39 is 0 Å². The van der Waals surface area contributed by atoms with Gasteiger partial charge in [0.2, 0.25) is 0 Å². The molecule has 0 aliphatic carbocycles. The first kappa shape index (κ1) is 15.8. The zero-order valence-electron chi connectivity index (χ0n) is 12.6. The van der Waals surface area contributed by atoms with Gasteiger partial charge < -0.3 is 15.4 Å². The molecule has 0 fully saturated rings. The molecule has 0 unspecified atom stereocenters. The topological polar surface area (TPSA) is 38.5 Å². The number of hydrogen-bond donors (Lipinski definition) is 1. The van der Waals surface area contributed by atoms with Crippen molar-refractivity contribution < 1.29 is 4.74 Å². The van der Waals surface area contributed by atoms with Gasteiger partial charge in [0.1, 0.15) is 5.75 Å². The molecule has 0 aliphatic rings. The Morgan fingerprint density at radius 2 is 1.79 bits per heavy atom. The Bertz CT molecular complexity index is 333. The van der Waals surface area contributed by atoms with E-state index >= 15 is 0 Å². The second kappa shape index (κ2) is 8.81. The third-order valence-electron chi connectivity index (χ3n) is 3.70. The summed E-state index contributed by atoms with van der Waals surface area (Å²) in [5.41, 5.74) is 6.91. The maximum atomic E-state index is 5.65. The van der Waals surface area contributed by atoms with Crippen LogP contribution in [-0.2, 0) is 0 Å². The van der Waals surface area contributed by atoms with Crippen LogP contribution in [0.3, 0.4) is 0 Å². The number of anilines is 1. The molecule has 2 N–H and O–H groups in total. The number of benzene rings is 1. The summed E-state index contributed by atoms with van der Waals surface area (Å²) in [7, 11) is 1.70. The van der Waals surface area contributed by atoms with Crippen LogP contribution in [0.4, 0.5) is 5.69 Å². The predicted octanol–water partition coefficient (Wildman–Crippen LogP) is 3.29. The first-order valence-electron chi connectivity index (χ1n) is 7.34. The lowest BCUT2D eigenvalue weighted by Gasteiger charge is -2.28. The van der Waals surface area contributed by atoms with Crippen molar-refractivity contribution in [1.82, 2.24) is 0 Å². The Balaban J connectivity index is 2.75. The maximum Gasteiger partial charge on any atom is 0.119 e. The van der Waals surface area contributed by atoms with Crippen molar-refractivity contribution in [2.45, 2.75) is 33.1 Å². The number of rotatable bonds is 9. The van der Waals surface area contributed by atoms with Crippen LogP contribution in [0, 0.1) is 5.92 Å². The van der Waals surface area contributed by atoms with Gasteiger partial charge in [-0.25, -0.2) is 0 Å². The number of hydrogen-bond acceptors (Lipinski definition) is 3. The molecule has 0 atom stereocenters. The van der Waals surface area contributed by atoms with Crippen LogP contribution in [0.1, 0.15) is 33.1 Å². The monoisotopic (exact) mass is 264 g/mol. The molecule has 0 aromatic heterocycles. The quantitative estimate of drug-likeness (QED) is 0.744. The van der Waals surface area contributed by atoms with Gasteiger partial charge in [-0.05, 0) is 43.1 Å². The molecule has 3 heteroatoms. The highest BCUT2D eigenvalue weighted by Gasteiger charge is 2.12. The molecule has 0 bridgehead atoms. The van der Waals surface area contributed by atoms with Crippen LogP contribution in [0.25, 0.3) is 0 Å². The van der Waals surface area contributed by atoms with Gasteiger partial charge >= 0.3 is 0 Å². The average Bonchev–Trinajstić information content (AvgIpc) is 2.48. The molecule has 0 saturated carbocycles. The van der Waals surface area contributed by atoms with Crippen LogP contribution >= 0.6 is 0 Å². The lowest BCUT2D eigenvalue weighted by molar-refractivity contribution is 0.414. The van der Waals surface area contributed by atoms with Crippen LogP contribution in [0.2, 0.25) is 0 Å². The Hall–Kier alpha value is -1.22. The number of nitrogens with two attached hydrogens (primary N) is 1. The van der Waals surface area contributed by atoms with Gasteiger partial charge in [0.25, 0.3) is 0 Å². The molecule has 3 nitrogen and oxygen atoms in total. The van der Waals surface area contributed by atoms with Crippen LogP contribution in [-0.4, -0.2) is 26.7 Å². The van der Waals surface area contributed by atoms with Crippen molar-refractivity contribution >= 4 is 5.69 Å². The molecular formula is C16H28N2O. The van der Waals surface area contributed by atoms with Gasteiger partial charge in [-0.15, -0.1) is 0 Å². The molecule has 0 spiro atoms. The first-order valence-corrected chi connectivity index (χ1v) is 7.34. The zero-order chi connectivity index (χ0) is 14.1. The fraction of sp³-hybridized carbons (Fsp3) is 0.625. The van der Waals surface area contributed by atoms with E-state index in [1.165, 1.54) is 18.5 Å². The minimum atomic E-state index is 0.746. The lowest BCUT2D eigenvalue weighted by Crippen LogP contribution is -2.31. The summed E-state index contributed by atoms with van der Waals surface area (Å²) in [6.45, 7) is 7.42. The predicted molar refractivity (Wildman–Crippen MR) is 83.0 cm³/mol. The van der Waals surface area contributed by atoms with Crippen LogP contribution in [0.5, 0.6) is 5.75 Å². The molecule has 0 aliphatic heterocycles. The molecule has 0 heterocycles. The molecule has 1 rings (SSSR count). The van der Waals surface area contributed by atoms with Crippen molar-refractivity contribution in [1.29, 1.82) is 0 Å². The molecule has 1 aromatic carbocycles. The van der Waals surface area contributed by atoms with E-state index in [2.05, 4.69) is 30.9 Å². The lowest BCUT2D eigenvalue weighted by atomic mass is 10.0. The zero-order valence-corrected chi connectivity index (χ0v) is 12.6. The van der Waals surface area contributed by atoms with E-state index in [4.69, 9.17) is 10.5 Å². The minimum Gasteiger partial charge on any atom is -0.497 e. The standard InChI is InChI=1S/C16H28N2O/c1-4-14(5-2)13-18(12-6-11-17)15-7-9-16(19-3)10-8-15/h7-10,14H,4-6,11-13,17H2,1-3H3. The van der Waals surface area contributed by atoms with Gasteiger partial charge in [0.05, 0.1) is 7.11 Å². The molecule has 1 aromatic rings. The van der Waals surface area contributed by atoms with E-state index in [-0.39, 0.29) is 0 Å². The highest BCUT2D eigenvalue weighted by Crippen LogP contribution is 2.22. The van der Waals surface area contributed by atoms with Crippen molar-refractivity contribution in [3.05, 3.63) is 24.3 Å². The fourth-order valence-corrected chi connectivity index (χ4v) is 2.26. The van der Waals surface area contributed by atoms with E-state index in [9.17, 15) is 0 Å². The van der Waals surface area contributed by atoms with Gasteiger partial charge in [-0.2, -0.15) is 0 Å². The molecule has 108 valence electrons. The van der Waals surface area contributed by atoms with E-state index in [1.54, 1.807) is 7.11 Å². The van der Waals surface area contributed by atoms with Crippen molar-refractivity contribution in [3.63, 3.8) is 0 Å². The summed E-state index contributed by atoms with van der Waals surface area (Å²) >= 11 is 0. The summed E-state index contributed by atoms with van der Waals surface area (Å²) in [6.07, 6.45) is 3.49. The number of methoxy groups -OCH3 is 1. The third kappa shape index (κ3) is 5.11. The average molecular weight is 264 g/mol. The van der Waals surface area contributed by atoms with E-state index in [0.29, 0.717) is 0 Å². The van der Waals surface area contributed by atoms with Gasteiger partial charge in [0.15, 0.2) is 0 Å². The third-order valence-corrected chi connectivity index (χ3v) is 3.70. The van der Waals surface area contributed by atoms with Crippen LogP contribution in [0.15, 0.2) is 24.3 Å². The fourth-order valence-electron chi connectivity index (χ4n) is 2.26. The molecule has 0 saturated heterocycles. The molecule has 0 amide bonds. The van der Waals surface area contributed by atoms with Crippen molar-refractivity contribution in [3.8, 4) is 5.75 Å². The van der Waals surface area contributed by atoms with E-state index in [1.807, 2.05) is 12.1 Å². The maximum absolute atomic E-state index is 5.65. The Morgan fingerprint density at radius 1 is 1.16 bits per heavy atom.